The van der Waals surface area contributed by atoms with E-state index in [2.05, 4.69) is 11.4 Å². The zero-order valence-electron chi connectivity index (χ0n) is 9.86. The first-order valence-electron chi connectivity index (χ1n) is 5.27. The second-order valence-electron chi connectivity index (χ2n) is 3.37. The average molecular weight is 225 g/mol. The maximum atomic E-state index is 5.35. The van der Waals surface area contributed by atoms with Gasteiger partial charge in [-0.05, 0) is 17.7 Å². The molecule has 4 heteroatoms. The first kappa shape index (κ1) is 13.0. The molecule has 0 aromatic heterocycles. The van der Waals surface area contributed by atoms with Crippen molar-refractivity contribution in [1.82, 2.24) is 5.32 Å². The van der Waals surface area contributed by atoms with Gasteiger partial charge in [0, 0.05) is 27.3 Å². The van der Waals surface area contributed by atoms with Crippen molar-refractivity contribution in [2.75, 3.05) is 34.2 Å². The smallest absolute Gasteiger partial charge is 0.188 e. The lowest BCUT2D eigenvalue weighted by molar-refractivity contribution is 0.0511. The highest BCUT2D eigenvalue weighted by Crippen LogP contribution is 2.12. The summed E-state index contributed by atoms with van der Waals surface area (Å²) in [4.78, 5) is 0. The minimum Gasteiger partial charge on any atom is -0.468 e. The van der Waals surface area contributed by atoms with Crippen molar-refractivity contribution < 1.29 is 14.2 Å². The van der Waals surface area contributed by atoms with Gasteiger partial charge in [0.05, 0.1) is 6.61 Å². The van der Waals surface area contributed by atoms with Crippen molar-refractivity contribution in [2.24, 2.45) is 0 Å². The highest BCUT2D eigenvalue weighted by Gasteiger charge is 1.96. The molecule has 4 nitrogen and oxygen atoms in total. The molecule has 0 aliphatic rings. The number of methoxy groups -OCH3 is 2. The topological polar surface area (TPSA) is 39.7 Å². The van der Waals surface area contributed by atoms with E-state index in [0.29, 0.717) is 0 Å². The number of benzene rings is 1. The molecule has 1 rings (SSSR count). The van der Waals surface area contributed by atoms with Gasteiger partial charge in [0.25, 0.3) is 0 Å². The van der Waals surface area contributed by atoms with Crippen LogP contribution in [-0.4, -0.2) is 34.2 Å². The summed E-state index contributed by atoms with van der Waals surface area (Å²) in [6, 6.07) is 7.94. The lowest BCUT2D eigenvalue weighted by Crippen LogP contribution is -2.18. The molecule has 0 radical (unpaired) electrons. The summed E-state index contributed by atoms with van der Waals surface area (Å²) in [5.41, 5.74) is 1.18. The summed E-state index contributed by atoms with van der Waals surface area (Å²) >= 11 is 0. The van der Waals surface area contributed by atoms with E-state index < -0.39 is 0 Å². The molecule has 0 aliphatic carbocycles. The van der Waals surface area contributed by atoms with Crippen LogP contribution in [0.5, 0.6) is 5.75 Å². The number of rotatable bonds is 8. The van der Waals surface area contributed by atoms with Crippen molar-refractivity contribution in [2.45, 2.75) is 6.54 Å². The van der Waals surface area contributed by atoms with Crippen molar-refractivity contribution >= 4 is 0 Å². The summed E-state index contributed by atoms with van der Waals surface area (Å²) in [6.07, 6.45) is 0. The van der Waals surface area contributed by atoms with Crippen LogP contribution in [0.25, 0.3) is 0 Å². The molecule has 0 bridgehead atoms. The maximum Gasteiger partial charge on any atom is 0.188 e. The van der Waals surface area contributed by atoms with Crippen LogP contribution in [-0.2, 0) is 16.0 Å². The Balaban J connectivity index is 2.35. The summed E-state index contributed by atoms with van der Waals surface area (Å²) < 4.78 is 15.1. The van der Waals surface area contributed by atoms with E-state index in [4.69, 9.17) is 14.2 Å². The van der Waals surface area contributed by atoms with Gasteiger partial charge in [-0.1, -0.05) is 12.1 Å². The second-order valence-corrected chi connectivity index (χ2v) is 3.37. The van der Waals surface area contributed by atoms with E-state index in [1.807, 2.05) is 18.2 Å². The lowest BCUT2D eigenvalue weighted by atomic mass is 10.2. The number of hydrogen-bond acceptors (Lipinski definition) is 4. The van der Waals surface area contributed by atoms with E-state index in [9.17, 15) is 0 Å². The standard InChI is InChI=1S/C12H19NO3/c1-14-7-6-13-9-11-4-3-5-12(8-11)16-10-15-2/h3-5,8,13H,6-7,9-10H2,1-2H3. The van der Waals surface area contributed by atoms with E-state index >= 15 is 0 Å². The predicted octanol–water partition coefficient (Wildman–Crippen LogP) is 1.41. The highest BCUT2D eigenvalue weighted by atomic mass is 16.7. The molecule has 1 aromatic rings. The quantitative estimate of drug-likeness (QED) is 0.536. The first-order valence-corrected chi connectivity index (χ1v) is 5.27. The molecule has 16 heavy (non-hydrogen) atoms. The van der Waals surface area contributed by atoms with Crippen molar-refractivity contribution in [3.63, 3.8) is 0 Å². The van der Waals surface area contributed by atoms with Gasteiger partial charge in [-0.25, -0.2) is 0 Å². The number of hydrogen-bond donors (Lipinski definition) is 1. The molecule has 0 spiro atoms. The average Bonchev–Trinajstić information content (AvgIpc) is 2.33. The van der Waals surface area contributed by atoms with Crippen LogP contribution in [0.4, 0.5) is 0 Å². The molecule has 0 heterocycles. The Kier molecular flexibility index (Phi) is 6.56. The highest BCUT2D eigenvalue weighted by molar-refractivity contribution is 5.28. The monoisotopic (exact) mass is 225 g/mol. The SMILES string of the molecule is COCCNCc1cccc(OCOC)c1. The molecule has 90 valence electrons. The molecule has 0 unspecified atom stereocenters. The Morgan fingerprint density at radius 1 is 1.19 bits per heavy atom. The van der Waals surface area contributed by atoms with Gasteiger partial charge in [0.2, 0.25) is 0 Å². The van der Waals surface area contributed by atoms with Crippen LogP contribution in [0.15, 0.2) is 24.3 Å². The summed E-state index contributed by atoms with van der Waals surface area (Å²) in [5, 5.41) is 3.27. The first-order chi connectivity index (χ1) is 7.86. The molecule has 1 N–H and O–H groups in total. The molecular formula is C12H19NO3. The van der Waals surface area contributed by atoms with Crippen LogP contribution in [0, 0.1) is 0 Å². The Hall–Kier alpha value is -1.10. The summed E-state index contributed by atoms with van der Waals surface area (Å²) in [7, 11) is 3.30. The third kappa shape index (κ3) is 5.11. The van der Waals surface area contributed by atoms with Crippen LogP contribution >= 0.6 is 0 Å². The van der Waals surface area contributed by atoms with E-state index in [0.717, 1.165) is 25.4 Å². The minimum atomic E-state index is 0.278. The number of ether oxygens (including phenoxy) is 3. The van der Waals surface area contributed by atoms with Crippen LogP contribution < -0.4 is 10.1 Å². The lowest BCUT2D eigenvalue weighted by Gasteiger charge is -2.07. The van der Waals surface area contributed by atoms with Crippen LogP contribution in [0.2, 0.25) is 0 Å². The largest absolute Gasteiger partial charge is 0.468 e. The Labute approximate surface area is 96.5 Å². The maximum absolute atomic E-state index is 5.35. The molecule has 0 atom stereocenters. The molecule has 0 aliphatic heterocycles. The van der Waals surface area contributed by atoms with Crippen molar-refractivity contribution in [3.05, 3.63) is 29.8 Å². The fraction of sp³-hybridized carbons (Fsp3) is 0.500. The van der Waals surface area contributed by atoms with Gasteiger partial charge >= 0.3 is 0 Å². The fourth-order valence-corrected chi connectivity index (χ4v) is 1.28. The van der Waals surface area contributed by atoms with Gasteiger partial charge in [-0.15, -0.1) is 0 Å². The van der Waals surface area contributed by atoms with Crippen LogP contribution in [0.3, 0.4) is 0 Å². The third-order valence-electron chi connectivity index (χ3n) is 2.05. The van der Waals surface area contributed by atoms with Gasteiger partial charge in [0.1, 0.15) is 5.75 Å². The van der Waals surface area contributed by atoms with E-state index in [-0.39, 0.29) is 6.79 Å². The van der Waals surface area contributed by atoms with E-state index in [1.54, 1.807) is 14.2 Å². The van der Waals surface area contributed by atoms with Crippen LogP contribution in [0.1, 0.15) is 5.56 Å². The fourth-order valence-electron chi connectivity index (χ4n) is 1.28. The molecule has 0 saturated carbocycles. The zero-order chi connectivity index (χ0) is 11.6. The second kappa shape index (κ2) is 8.10. The zero-order valence-corrected chi connectivity index (χ0v) is 9.86. The molecule has 0 fully saturated rings. The Bertz CT molecular complexity index is 291. The molecule has 1 aromatic carbocycles. The molecular weight excluding hydrogens is 206 g/mol. The summed E-state index contributed by atoms with van der Waals surface area (Å²) in [5.74, 6) is 0.827. The van der Waals surface area contributed by atoms with Gasteiger partial charge in [-0.3, -0.25) is 0 Å². The Morgan fingerprint density at radius 3 is 2.81 bits per heavy atom. The van der Waals surface area contributed by atoms with Gasteiger partial charge < -0.3 is 19.5 Å². The number of nitrogens with one attached hydrogen (secondary N) is 1. The molecule has 0 amide bonds. The summed E-state index contributed by atoms with van der Waals surface area (Å²) in [6.45, 7) is 2.66. The minimum absolute atomic E-state index is 0.278. The van der Waals surface area contributed by atoms with E-state index in [1.165, 1.54) is 5.56 Å². The van der Waals surface area contributed by atoms with Crippen molar-refractivity contribution in [1.29, 1.82) is 0 Å². The third-order valence-corrected chi connectivity index (χ3v) is 2.05. The molecule has 0 saturated heterocycles. The van der Waals surface area contributed by atoms with Gasteiger partial charge in [0.15, 0.2) is 6.79 Å². The Morgan fingerprint density at radius 2 is 2.06 bits per heavy atom. The van der Waals surface area contributed by atoms with Crippen molar-refractivity contribution in [3.8, 4) is 5.75 Å². The predicted molar refractivity (Wildman–Crippen MR) is 62.5 cm³/mol. The van der Waals surface area contributed by atoms with Gasteiger partial charge in [-0.2, -0.15) is 0 Å². The normalized spacial score (nSPS) is 10.4.